The van der Waals surface area contributed by atoms with Crippen LogP contribution in [0.15, 0.2) is 0 Å². The van der Waals surface area contributed by atoms with Gasteiger partial charge in [0.1, 0.15) is 6.10 Å². The van der Waals surface area contributed by atoms with Crippen LogP contribution in [0.3, 0.4) is 0 Å². The molecule has 2 fully saturated rings. The molecule has 0 N–H and O–H groups in total. The highest BCUT2D eigenvalue weighted by Gasteiger charge is 2.64. The summed E-state index contributed by atoms with van der Waals surface area (Å²) in [6.45, 7) is 1.53. The van der Waals surface area contributed by atoms with Crippen molar-refractivity contribution in [3.8, 4) is 0 Å². The first-order chi connectivity index (χ1) is 8.13. The van der Waals surface area contributed by atoms with E-state index < -0.39 is 29.7 Å². The summed E-state index contributed by atoms with van der Waals surface area (Å²) in [5.74, 6) is -10.4. The Hall–Kier alpha value is -0.810. The third-order valence-electron chi connectivity index (χ3n) is 4.16. The lowest BCUT2D eigenvalue weighted by Gasteiger charge is -2.35. The second-order valence-electron chi connectivity index (χ2n) is 5.49. The Labute approximate surface area is 103 Å². The lowest BCUT2D eigenvalue weighted by Crippen LogP contribution is -2.47. The van der Waals surface area contributed by atoms with Crippen molar-refractivity contribution >= 4 is 5.97 Å². The largest absolute Gasteiger partial charge is 0.462 e. The van der Waals surface area contributed by atoms with Gasteiger partial charge in [0.15, 0.2) is 0 Å². The molecule has 0 spiro atoms. The normalized spacial score (nSPS) is 35.9. The van der Waals surface area contributed by atoms with Gasteiger partial charge >= 0.3 is 17.8 Å². The van der Waals surface area contributed by atoms with E-state index in [1.54, 1.807) is 0 Å². The molecule has 0 aromatic carbocycles. The highest BCUT2D eigenvalue weighted by atomic mass is 19.3. The van der Waals surface area contributed by atoms with Crippen molar-refractivity contribution in [2.24, 2.45) is 17.8 Å². The fourth-order valence-electron chi connectivity index (χ4n) is 3.35. The summed E-state index contributed by atoms with van der Waals surface area (Å²) in [5, 5.41) is 0. The van der Waals surface area contributed by atoms with Crippen molar-refractivity contribution in [3.05, 3.63) is 0 Å². The van der Waals surface area contributed by atoms with Crippen molar-refractivity contribution in [2.45, 2.75) is 51.1 Å². The van der Waals surface area contributed by atoms with E-state index in [0.717, 1.165) is 0 Å². The summed E-state index contributed by atoms with van der Waals surface area (Å²) in [6.07, 6.45) is 0.374. The standard InChI is InChI=1S/C12H16F4O2/c1-6(17)18-10-5-7-3-8(10)4-9(7)12(15,16)11(2,13)14/h7-10H,3-5H2,1-2H3. The second kappa shape index (κ2) is 4.10. The summed E-state index contributed by atoms with van der Waals surface area (Å²) < 4.78 is 58.2. The van der Waals surface area contributed by atoms with Gasteiger partial charge in [0.2, 0.25) is 0 Å². The van der Waals surface area contributed by atoms with E-state index in [-0.39, 0.29) is 31.8 Å². The number of alkyl halides is 4. The van der Waals surface area contributed by atoms with Crippen molar-refractivity contribution in [3.63, 3.8) is 0 Å². The maximum Gasteiger partial charge on any atom is 0.312 e. The monoisotopic (exact) mass is 268 g/mol. The van der Waals surface area contributed by atoms with Crippen molar-refractivity contribution in [1.29, 1.82) is 0 Å². The molecule has 4 unspecified atom stereocenters. The van der Waals surface area contributed by atoms with Crippen molar-refractivity contribution in [1.82, 2.24) is 0 Å². The van der Waals surface area contributed by atoms with Crippen LogP contribution in [-0.4, -0.2) is 23.9 Å². The Kier molecular flexibility index (Phi) is 3.10. The van der Waals surface area contributed by atoms with Gasteiger partial charge in [-0.15, -0.1) is 0 Å². The molecule has 0 amide bonds. The predicted molar refractivity (Wildman–Crippen MR) is 55.4 cm³/mol. The smallest absolute Gasteiger partial charge is 0.312 e. The first-order valence-corrected chi connectivity index (χ1v) is 6.05. The Morgan fingerprint density at radius 3 is 2.11 bits per heavy atom. The Morgan fingerprint density at radius 1 is 1.11 bits per heavy atom. The van der Waals surface area contributed by atoms with Crippen LogP contribution < -0.4 is 0 Å². The summed E-state index contributed by atoms with van der Waals surface area (Å²) in [6, 6.07) is 0. The van der Waals surface area contributed by atoms with Crippen LogP contribution in [-0.2, 0) is 9.53 Å². The zero-order chi connectivity index (χ0) is 13.7. The lowest BCUT2D eigenvalue weighted by molar-refractivity contribution is -0.237. The first kappa shape index (κ1) is 13.6. The molecule has 2 saturated carbocycles. The Bertz CT molecular complexity index is 350. The summed E-state index contributed by atoms with van der Waals surface area (Å²) in [5.41, 5.74) is 0. The van der Waals surface area contributed by atoms with Gasteiger partial charge in [-0.2, -0.15) is 8.78 Å². The molecule has 2 nitrogen and oxygen atoms in total. The van der Waals surface area contributed by atoms with Gasteiger partial charge in [-0.3, -0.25) is 4.79 Å². The minimum atomic E-state index is -4.00. The van der Waals surface area contributed by atoms with E-state index in [9.17, 15) is 22.4 Å². The second-order valence-corrected chi connectivity index (χ2v) is 5.49. The van der Waals surface area contributed by atoms with Gasteiger partial charge in [0, 0.05) is 19.8 Å². The molecule has 0 aliphatic heterocycles. The number of carbonyl (C=O) groups excluding carboxylic acids is 1. The topological polar surface area (TPSA) is 26.3 Å². The molecule has 2 aliphatic rings. The van der Waals surface area contributed by atoms with Crippen LogP contribution >= 0.6 is 0 Å². The molecular formula is C12H16F4O2. The first-order valence-electron chi connectivity index (χ1n) is 6.05. The SMILES string of the molecule is CC(=O)OC1CC2CC1CC2C(F)(F)C(C)(F)F. The molecule has 0 saturated heterocycles. The summed E-state index contributed by atoms with van der Waals surface area (Å²) >= 11 is 0. The van der Waals surface area contributed by atoms with E-state index in [0.29, 0.717) is 6.42 Å². The Morgan fingerprint density at radius 2 is 1.72 bits per heavy atom. The molecular weight excluding hydrogens is 252 g/mol. The minimum Gasteiger partial charge on any atom is -0.462 e. The van der Waals surface area contributed by atoms with Gasteiger partial charge in [-0.25, -0.2) is 8.78 Å². The molecule has 6 heteroatoms. The number of hydrogen-bond donors (Lipinski definition) is 0. The van der Waals surface area contributed by atoms with Crippen LogP contribution in [0.2, 0.25) is 0 Å². The molecule has 2 aliphatic carbocycles. The van der Waals surface area contributed by atoms with E-state index in [1.165, 1.54) is 6.92 Å². The van der Waals surface area contributed by atoms with E-state index in [2.05, 4.69) is 0 Å². The molecule has 4 atom stereocenters. The van der Waals surface area contributed by atoms with Gasteiger partial charge in [0.25, 0.3) is 0 Å². The summed E-state index contributed by atoms with van der Waals surface area (Å²) in [4.78, 5) is 10.8. The van der Waals surface area contributed by atoms with Gasteiger partial charge in [0.05, 0.1) is 0 Å². The number of ether oxygens (including phenoxy) is 1. The van der Waals surface area contributed by atoms with Gasteiger partial charge in [-0.1, -0.05) is 0 Å². The third kappa shape index (κ3) is 2.10. The number of fused-ring (bicyclic) bond motifs is 2. The number of esters is 1. The minimum absolute atomic E-state index is 0.0129. The number of hydrogen-bond acceptors (Lipinski definition) is 2. The molecule has 18 heavy (non-hydrogen) atoms. The van der Waals surface area contributed by atoms with Crippen LogP contribution in [0.4, 0.5) is 17.6 Å². The molecule has 2 bridgehead atoms. The van der Waals surface area contributed by atoms with E-state index >= 15 is 0 Å². The average Bonchev–Trinajstić information content (AvgIpc) is 2.73. The Balaban J connectivity index is 2.05. The third-order valence-corrected chi connectivity index (χ3v) is 4.16. The molecule has 0 aromatic rings. The molecule has 0 heterocycles. The number of rotatable bonds is 3. The summed E-state index contributed by atoms with van der Waals surface area (Å²) in [7, 11) is 0. The van der Waals surface area contributed by atoms with E-state index in [4.69, 9.17) is 4.74 Å². The lowest BCUT2D eigenvalue weighted by atomic mass is 9.81. The van der Waals surface area contributed by atoms with Crippen LogP contribution in [0, 0.1) is 17.8 Å². The highest BCUT2D eigenvalue weighted by Crippen LogP contribution is 2.57. The quantitative estimate of drug-likeness (QED) is 0.580. The molecule has 104 valence electrons. The molecule has 0 radical (unpaired) electrons. The fraction of sp³-hybridized carbons (Fsp3) is 0.917. The predicted octanol–water partition coefficient (Wildman–Crippen LogP) is 3.25. The zero-order valence-corrected chi connectivity index (χ0v) is 10.3. The highest BCUT2D eigenvalue weighted by molar-refractivity contribution is 5.66. The van der Waals surface area contributed by atoms with Crippen molar-refractivity contribution < 1.29 is 27.1 Å². The van der Waals surface area contributed by atoms with Crippen molar-refractivity contribution in [2.75, 3.05) is 0 Å². The van der Waals surface area contributed by atoms with Crippen LogP contribution in [0.1, 0.15) is 33.1 Å². The zero-order valence-electron chi connectivity index (χ0n) is 10.3. The molecule has 0 aromatic heterocycles. The number of halogens is 4. The molecule has 2 rings (SSSR count). The maximum atomic E-state index is 13.6. The van der Waals surface area contributed by atoms with Crippen LogP contribution in [0.5, 0.6) is 0 Å². The average molecular weight is 268 g/mol. The van der Waals surface area contributed by atoms with Gasteiger partial charge in [-0.05, 0) is 31.1 Å². The number of carbonyl (C=O) groups is 1. The van der Waals surface area contributed by atoms with Crippen LogP contribution in [0.25, 0.3) is 0 Å². The maximum absolute atomic E-state index is 13.6. The fourth-order valence-corrected chi connectivity index (χ4v) is 3.35. The van der Waals surface area contributed by atoms with Gasteiger partial charge < -0.3 is 4.74 Å². The van der Waals surface area contributed by atoms with E-state index in [1.807, 2.05) is 0 Å².